The highest BCUT2D eigenvalue weighted by Crippen LogP contribution is 2.17. The molecule has 1 heterocycles. The lowest BCUT2D eigenvalue weighted by Crippen LogP contribution is -2.19. The van der Waals surface area contributed by atoms with Crippen LogP contribution in [0.2, 0.25) is 0 Å². The number of anilines is 2. The number of benzene rings is 1. The minimum atomic E-state index is -0.455. The summed E-state index contributed by atoms with van der Waals surface area (Å²) in [6.45, 7) is 1.95. The zero-order chi connectivity index (χ0) is 14.5. The van der Waals surface area contributed by atoms with Crippen LogP contribution in [0.5, 0.6) is 0 Å². The quantitative estimate of drug-likeness (QED) is 0.513. The SMILES string of the molecule is Cc1ccnc(NC(=S)Nc2cccc([N+](=O)[O-])c2)c1. The first kappa shape index (κ1) is 13.9. The van der Waals surface area contributed by atoms with Crippen LogP contribution < -0.4 is 10.6 Å². The highest BCUT2D eigenvalue weighted by Gasteiger charge is 2.06. The molecule has 1 aromatic heterocycles. The van der Waals surface area contributed by atoms with E-state index in [-0.39, 0.29) is 5.69 Å². The van der Waals surface area contributed by atoms with Crippen LogP contribution >= 0.6 is 12.2 Å². The van der Waals surface area contributed by atoms with Gasteiger partial charge < -0.3 is 10.6 Å². The average Bonchev–Trinajstić information content (AvgIpc) is 2.38. The monoisotopic (exact) mass is 288 g/mol. The number of pyridine rings is 1. The minimum Gasteiger partial charge on any atom is -0.332 e. The number of hydrogen-bond acceptors (Lipinski definition) is 4. The van der Waals surface area contributed by atoms with Crippen LogP contribution in [0.25, 0.3) is 0 Å². The van der Waals surface area contributed by atoms with E-state index >= 15 is 0 Å². The molecular formula is C13H12N4O2S. The van der Waals surface area contributed by atoms with Crippen LogP contribution in [0.3, 0.4) is 0 Å². The fourth-order valence-corrected chi connectivity index (χ4v) is 1.80. The van der Waals surface area contributed by atoms with Gasteiger partial charge in [-0.2, -0.15) is 0 Å². The van der Waals surface area contributed by atoms with Gasteiger partial charge in [-0.15, -0.1) is 0 Å². The third-order valence-corrected chi connectivity index (χ3v) is 2.68. The maximum Gasteiger partial charge on any atom is 0.271 e. The van der Waals surface area contributed by atoms with Gasteiger partial charge in [0, 0.05) is 24.0 Å². The van der Waals surface area contributed by atoms with Crippen molar-refractivity contribution in [2.24, 2.45) is 0 Å². The van der Waals surface area contributed by atoms with E-state index in [9.17, 15) is 10.1 Å². The summed E-state index contributed by atoms with van der Waals surface area (Å²) >= 11 is 5.14. The summed E-state index contributed by atoms with van der Waals surface area (Å²) < 4.78 is 0. The van der Waals surface area contributed by atoms with E-state index in [0.29, 0.717) is 16.6 Å². The largest absolute Gasteiger partial charge is 0.332 e. The van der Waals surface area contributed by atoms with Crippen molar-refractivity contribution < 1.29 is 4.92 Å². The second kappa shape index (κ2) is 6.07. The first-order chi connectivity index (χ1) is 9.54. The van der Waals surface area contributed by atoms with Gasteiger partial charge in [0.25, 0.3) is 5.69 Å². The molecule has 0 bridgehead atoms. The number of hydrogen-bond donors (Lipinski definition) is 2. The number of nitrogens with one attached hydrogen (secondary N) is 2. The number of non-ortho nitro benzene ring substituents is 1. The Labute approximate surface area is 121 Å². The molecule has 0 amide bonds. The number of thiocarbonyl (C=S) groups is 1. The first-order valence-corrected chi connectivity index (χ1v) is 6.20. The minimum absolute atomic E-state index is 0.00600. The van der Waals surface area contributed by atoms with Crippen molar-refractivity contribution in [2.45, 2.75) is 6.92 Å². The molecule has 0 saturated carbocycles. The van der Waals surface area contributed by atoms with E-state index in [4.69, 9.17) is 12.2 Å². The van der Waals surface area contributed by atoms with Gasteiger partial charge in [0.15, 0.2) is 5.11 Å². The van der Waals surface area contributed by atoms with Crippen LogP contribution in [-0.4, -0.2) is 15.0 Å². The first-order valence-electron chi connectivity index (χ1n) is 5.80. The Hall–Kier alpha value is -2.54. The van der Waals surface area contributed by atoms with E-state index in [1.807, 2.05) is 19.1 Å². The molecule has 0 saturated heterocycles. The summed E-state index contributed by atoms with van der Waals surface area (Å²) in [5.74, 6) is 0.618. The van der Waals surface area contributed by atoms with Crippen LogP contribution in [-0.2, 0) is 0 Å². The van der Waals surface area contributed by atoms with Gasteiger partial charge in [-0.05, 0) is 42.9 Å². The van der Waals surface area contributed by atoms with Crippen molar-refractivity contribution in [3.05, 3.63) is 58.3 Å². The molecule has 0 radical (unpaired) electrons. The Morgan fingerprint density at radius 1 is 1.30 bits per heavy atom. The summed E-state index contributed by atoms with van der Waals surface area (Å²) in [4.78, 5) is 14.4. The van der Waals surface area contributed by atoms with E-state index in [1.54, 1.807) is 18.3 Å². The normalized spacial score (nSPS) is 9.85. The topological polar surface area (TPSA) is 80.1 Å². The summed E-state index contributed by atoms with van der Waals surface area (Å²) in [5.41, 5.74) is 1.61. The highest BCUT2D eigenvalue weighted by molar-refractivity contribution is 7.80. The average molecular weight is 288 g/mol. The maximum absolute atomic E-state index is 10.7. The van der Waals surface area contributed by atoms with Gasteiger partial charge in [0.1, 0.15) is 5.82 Å². The van der Waals surface area contributed by atoms with E-state index in [1.165, 1.54) is 12.1 Å². The zero-order valence-electron chi connectivity index (χ0n) is 10.7. The van der Waals surface area contributed by atoms with Crippen LogP contribution in [0.15, 0.2) is 42.6 Å². The fraction of sp³-hybridized carbons (Fsp3) is 0.0769. The molecule has 0 aliphatic heterocycles. The molecule has 0 fully saturated rings. The van der Waals surface area contributed by atoms with Crippen molar-refractivity contribution >= 4 is 34.5 Å². The van der Waals surface area contributed by atoms with Crippen molar-refractivity contribution in [1.29, 1.82) is 0 Å². The van der Waals surface area contributed by atoms with Crippen LogP contribution in [0, 0.1) is 17.0 Å². The number of nitro benzene ring substituents is 1. The van der Waals surface area contributed by atoms with E-state index < -0.39 is 4.92 Å². The number of nitrogens with zero attached hydrogens (tertiary/aromatic N) is 2. The Balaban J connectivity index is 2.04. The Bertz CT molecular complexity index is 660. The molecule has 0 unspecified atom stereocenters. The van der Waals surface area contributed by atoms with Crippen molar-refractivity contribution in [1.82, 2.24) is 4.98 Å². The third-order valence-electron chi connectivity index (χ3n) is 2.47. The fourth-order valence-electron chi connectivity index (χ4n) is 1.58. The Morgan fingerprint density at radius 2 is 2.10 bits per heavy atom. The summed E-state index contributed by atoms with van der Waals surface area (Å²) in [5, 5.41) is 16.8. The molecule has 0 spiro atoms. The smallest absolute Gasteiger partial charge is 0.271 e. The lowest BCUT2D eigenvalue weighted by molar-refractivity contribution is -0.384. The zero-order valence-corrected chi connectivity index (χ0v) is 11.5. The van der Waals surface area contributed by atoms with Crippen molar-refractivity contribution in [3.63, 3.8) is 0 Å². The third kappa shape index (κ3) is 3.72. The summed E-state index contributed by atoms with van der Waals surface area (Å²) in [6.07, 6.45) is 1.67. The van der Waals surface area contributed by atoms with Gasteiger partial charge >= 0.3 is 0 Å². The predicted octanol–water partition coefficient (Wildman–Crippen LogP) is 3.11. The molecular weight excluding hydrogens is 276 g/mol. The van der Waals surface area contributed by atoms with Crippen LogP contribution in [0.4, 0.5) is 17.2 Å². The van der Waals surface area contributed by atoms with Gasteiger partial charge in [-0.3, -0.25) is 10.1 Å². The predicted molar refractivity (Wildman–Crippen MR) is 81.9 cm³/mol. The van der Waals surface area contributed by atoms with Crippen molar-refractivity contribution in [2.75, 3.05) is 10.6 Å². The molecule has 7 heteroatoms. The number of rotatable bonds is 3. The maximum atomic E-state index is 10.7. The van der Waals surface area contributed by atoms with Crippen molar-refractivity contribution in [3.8, 4) is 0 Å². The standard InChI is InChI=1S/C13H12N4O2S/c1-9-5-6-14-12(7-9)16-13(20)15-10-3-2-4-11(8-10)17(18)19/h2-8H,1H3,(H2,14,15,16,20). The van der Waals surface area contributed by atoms with Gasteiger partial charge in [0.05, 0.1) is 4.92 Å². The van der Waals surface area contributed by atoms with Gasteiger partial charge in [-0.1, -0.05) is 6.07 Å². The molecule has 0 atom stereocenters. The number of aryl methyl sites for hydroxylation is 1. The Kier molecular flexibility index (Phi) is 4.21. The molecule has 1 aromatic carbocycles. The molecule has 2 aromatic rings. The van der Waals surface area contributed by atoms with Gasteiger partial charge in [-0.25, -0.2) is 4.98 Å². The molecule has 6 nitrogen and oxygen atoms in total. The molecule has 102 valence electrons. The molecule has 0 aliphatic carbocycles. The summed E-state index contributed by atoms with van der Waals surface area (Å²) in [7, 11) is 0. The lowest BCUT2D eigenvalue weighted by atomic mass is 10.3. The Morgan fingerprint density at radius 3 is 2.80 bits per heavy atom. The van der Waals surface area contributed by atoms with Crippen LogP contribution in [0.1, 0.15) is 5.56 Å². The summed E-state index contributed by atoms with van der Waals surface area (Å²) in [6, 6.07) is 9.85. The second-order valence-electron chi connectivity index (χ2n) is 4.10. The number of nitro groups is 1. The van der Waals surface area contributed by atoms with E-state index in [0.717, 1.165) is 5.56 Å². The number of aromatic nitrogens is 1. The lowest BCUT2D eigenvalue weighted by Gasteiger charge is -2.10. The second-order valence-corrected chi connectivity index (χ2v) is 4.51. The molecule has 2 N–H and O–H groups in total. The highest BCUT2D eigenvalue weighted by atomic mass is 32.1. The van der Waals surface area contributed by atoms with Gasteiger partial charge in [0.2, 0.25) is 0 Å². The molecule has 2 rings (SSSR count). The molecule has 0 aliphatic rings. The van der Waals surface area contributed by atoms with E-state index in [2.05, 4.69) is 15.6 Å². The molecule has 20 heavy (non-hydrogen) atoms.